The normalized spacial score (nSPS) is 24.3. The Morgan fingerprint density at radius 1 is 1.56 bits per heavy atom. The number of benzene rings is 1. The Morgan fingerprint density at radius 2 is 2.31 bits per heavy atom. The molecule has 1 fully saturated rings. The summed E-state index contributed by atoms with van der Waals surface area (Å²) in [5.74, 6) is 0.349. The molecule has 0 radical (unpaired) electrons. The summed E-state index contributed by atoms with van der Waals surface area (Å²) >= 11 is 3.38. The fourth-order valence-corrected chi connectivity index (χ4v) is 2.13. The Kier molecular flexibility index (Phi) is 3.16. The van der Waals surface area contributed by atoms with Gasteiger partial charge in [0.15, 0.2) is 0 Å². The van der Waals surface area contributed by atoms with Crippen molar-refractivity contribution in [2.45, 2.75) is 18.6 Å². The monoisotopic (exact) mass is 285 g/mol. The van der Waals surface area contributed by atoms with E-state index in [1.807, 2.05) is 18.2 Å². The van der Waals surface area contributed by atoms with Gasteiger partial charge in [-0.3, -0.25) is 4.79 Å². The molecule has 1 saturated heterocycles. The summed E-state index contributed by atoms with van der Waals surface area (Å²) in [5, 5.41) is 0. The van der Waals surface area contributed by atoms with Crippen molar-refractivity contribution < 1.29 is 14.3 Å². The van der Waals surface area contributed by atoms with Crippen LogP contribution in [0, 0.1) is 0 Å². The topological polar surface area (TPSA) is 61.5 Å². The second-order valence-corrected chi connectivity index (χ2v) is 4.57. The van der Waals surface area contributed by atoms with E-state index in [0.29, 0.717) is 12.2 Å². The molecule has 1 aliphatic rings. The van der Waals surface area contributed by atoms with E-state index in [9.17, 15) is 4.79 Å². The Balaban J connectivity index is 2.33. The molecule has 2 atom stereocenters. The molecule has 2 rings (SSSR count). The highest BCUT2D eigenvalue weighted by Crippen LogP contribution is 2.36. The first-order valence-corrected chi connectivity index (χ1v) is 5.70. The molecule has 0 amide bonds. The molecule has 0 saturated carbocycles. The van der Waals surface area contributed by atoms with Gasteiger partial charge >= 0.3 is 5.97 Å². The summed E-state index contributed by atoms with van der Waals surface area (Å²) in [6.45, 7) is 0. The van der Waals surface area contributed by atoms with Gasteiger partial charge in [-0.1, -0.05) is 15.9 Å². The van der Waals surface area contributed by atoms with Crippen LogP contribution in [0.2, 0.25) is 0 Å². The maximum Gasteiger partial charge on any atom is 0.323 e. The Morgan fingerprint density at radius 3 is 2.88 bits per heavy atom. The number of hydrogen-bond donors (Lipinski definition) is 1. The van der Waals surface area contributed by atoms with Crippen LogP contribution in [-0.4, -0.2) is 19.1 Å². The summed E-state index contributed by atoms with van der Waals surface area (Å²) in [6, 6.07) is 5.05. The summed E-state index contributed by atoms with van der Waals surface area (Å²) in [7, 11) is 1.59. The summed E-state index contributed by atoms with van der Waals surface area (Å²) in [6.07, 6.45) is 0.181. The van der Waals surface area contributed by atoms with Crippen LogP contribution in [0.3, 0.4) is 0 Å². The van der Waals surface area contributed by atoms with Crippen LogP contribution in [0.15, 0.2) is 22.7 Å². The van der Waals surface area contributed by atoms with Gasteiger partial charge in [0.05, 0.1) is 7.11 Å². The Bertz CT molecular complexity index is 422. The van der Waals surface area contributed by atoms with Crippen LogP contribution >= 0.6 is 15.9 Å². The maximum absolute atomic E-state index is 11.2. The quantitative estimate of drug-likeness (QED) is 0.842. The van der Waals surface area contributed by atoms with E-state index < -0.39 is 6.04 Å². The molecule has 5 heteroatoms. The summed E-state index contributed by atoms with van der Waals surface area (Å²) < 4.78 is 11.3. The third-order valence-electron chi connectivity index (χ3n) is 2.57. The molecule has 1 aromatic carbocycles. The third kappa shape index (κ3) is 2.05. The van der Waals surface area contributed by atoms with Gasteiger partial charge in [0.2, 0.25) is 0 Å². The molecule has 1 aliphatic heterocycles. The molecule has 4 nitrogen and oxygen atoms in total. The zero-order valence-corrected chi connectivity index (χ0v) is 10.4. The van der Waals surface area contributed by atoms with Crippen LogP contribution in [0.5, 0.6) is 5.75 Å². The minimum absolute atomic E-state index is 0.310. The van der Waals surface area contributed by atoms with Crippen molar-refractivity contribution in [2.75, 3.05) is 7.11 Å². The number of carbonyl (C=O) groups excluding carboxylic acids is 1. The van der Waals surface area contributed by atoms with E-state index in [1.165, 1.54) is 0 Å². The van der Waals surface area contributed by atoms with E-state index >= 15 is 0 Å². The Labute approximate surface area is 102 Å². The number of ether oxygens (including phenoxy) is 2. The van der Waals surface area contributed by atoms with Gasteiger partial charge in [-0.05, 0) is 18.2 Å². The summed E-state index contributed by atoms with van der Waals surface area (Å²) in [5.41, 5.74) is 6.45. The molecular formula is C11H12BrNO3. The van der Waals surface area contributed by atoms with Crippen LogP contribution in [0.1, 0.15) is 18.1 Å². The summed E-state index contributed by atoms with van der Waals surface area (Å²) in [4.78, 5) is 11.2. The van der Waals surface area contributed by atoms with Gasteiger partial charge in [0, 0.05) is 16.5 Å². The number of esters is 1. The lowest BCUT2D eigenvalue weighted by atomic mass is 10.0. The maximum atomic E-state index is 11.2. The van der Waals surface area contributed by atoms with Crippen molar-refractivity contribution in [1.29, 1.82) is 0 Å². The van der Waals surface area contributed by atoms with Gasteiger partial charge in [0.1, 0.15) is 17.9 Å². The minimum atomic E-state index is -0.534. The zero-order chi connectivity index (χ0) is 11.7. The number of methoxy groups -OCH3 is 1. The van der Waals surface area contributed by atoms with Crippen molar-refractivity contribution in [2.24, 2.45) is 5.73 Å². The van der Waals surface area contributed by atoms with Crippen LogP contribution < -0.4 is 10.5 Å². The molecule has 1 aromatic rings. The van der Waals surface area contributed by atoms with Crippen molar-refractivity contribution in [3.63, 3.8) is 0 Å². The van der Waals surface area contributed by atoms with Crippen LogP contribution in [0.4, 0.5) is 0 Å². The predicted octanol–water partition coefficient (Wildman–Crippen LogP) is 1.77. The fourth-order valence-electron chi connectivity index (χ4n) is 1.75. The first kappa shape index (κ1) is 11.4. The van der Waals surface area contributed by atoms with Gasteiger partial charge in [-0.25, -0.2) is 0 Å². The standard InChI is InChI=1S/C11H12BrNO3/c1-15-9-3-2-6(12)4-7(9)10-5-8(13)11(14)16-10/h2-4,8,10H,5,13H2,1H3. The number of carbonyl (C=O) groups is 1. The number of halogens is 1. The molecule has 1 heterocycles. The van der Waals surface area contributed by atoms with E-state index in [-0.39, 0.29) is 12.1 Å². The highest BCUT2D eigenvalue weighted by molar-refractivity contribution is 9.10. The molecule has 0 aromatic heterocycles. The number of rotatable bonds is 2. The molecule has 0 spiro atoms. The van der Waals surface area contributed by atoms with Crippen molar-refractivity contribution in [3.05, 3.63) is 28.2 Å². The smallest absolute Gasteiger partial charge is 0.323 e. The van der Waals surface area contributed by atoms with Gasteiger partial charge in [0.25, 0.3) is 0 Å². The average molecular weight is 286 g/mol. The molecule has 86 valence electrons. The van der Waals surface area contributed by atoms with Gasteiger partial charge in [-0.15, -0.1) is 0 Å². The number of nitrogens with two attached hydrogens (primary N) is 1. The van der Waals surface area contributed by atoms with Crippen LogP contribution in [-0.2, 0) is 9.53 Å². The number of hydrogen-bond acceptors (Lipinski definition) is 4. The zero-order valence-electron chi connectivity index (χ0n) is 8.77. The van der Waals surface area contributed by atoms with Crippen molar-refractivity contribution >= 4 is 21.9 Å². The predicted molar refractivity (Wildman–Crippen MR) is 62.1 cm³/mol. The van der Waals surface area contributed by atoms with Gasteiger partial charge < -0.3 is 15.2 Å². The molecule has 0 bridgehead atoms. The van der Waals surface area contributed by atoms with E-state index in [4.69, 9.17) is 15.2 Å². The SMILES string of the molecule is COc1ccc(Br)cc1C1CC(N)C(=O)O1. The molecule has 0 aliphatic carbocycles. The first-order valence-electron chi connectivity index (χ1n) is 4.91. The molecule has 2 unspecified atom stereocenters. The fraction of sp³-hybridized carbons (Fsp3) is 0.364. The van der Waals surface area contributed by atoms with E-state index in [2.05, 4.69) is 15.9 Å². The lowest BCUT2D eigenvalue weighted by Crippen LogP contribution is -2.24. The largest absolute Gasteiger partial charge is 0.496 e. The molecule has 16 heavy (non-hydrogen) atoms. The third-order valence-corrected chi connectivity index (χ3v) is 3.06. The van der Waals surface area contributed by atoms with Crippen molar-refractivity contribution in [3.8, 4) is 5.75 Å². The minimum Gasteiger partial charge on any atom is -0.496 e. The highest BCUT2D eigenvalue weighted by atomic mass is 79.9. The van der Waals surface area contributed by atoms with Gasteiger partial charge in [-0.2, -0.15) is 0 Å². The lowest BCUT2D eigenvalue weighted by Gasteiger charge is -2.14. The highest BCUT2D eigenvalue weighted by Gasteiger charge is 2.34. The Hall–Kier alpha value is -1.07. The first-order chi connectivity index (χ1) is 7.61. The second kappa shape index (κ2) is 4.43. The van der Waals surface area contributed by atoms with Crippen LogP contribution in [0.25, 0.3) is 0 Å². The molecular weight excluding hydrogens is 274 g/mol. The lowest BCUT2D eigenvalue weighted by molar-refractivity contribution is -0.142. The molecule has 2 N–H and O–H groups in total. The van der Waals surface area contributed by atoms with E-state index in [1.54, 1.807) is 7.11 Å². The average Bonchev–Trinajstić information content (AvgIpc) is 2.59. The number of cyclic esters (lactones) is 1. The van der Waals surface area contributed by atoms with E-state index in [0.717, 1.165) is 10.0 Å². The second-order valence-electron chi connectivity index (χ2n) is 3.65. The van der Waals surface area contributed by atoms with Crippen molar-refractivity contribution in [1.82, 2.24) is 0 Å².